The maximum atomic E-state index is 13.1. The third kappa shape index (κ3) is 2.42. The van der Waals surface area contributed by atoms with Crippen LogP contribution in [-0.4, -0.2) is 25.9 Å². The van der Waals surface area contributed by atoms with E-state index in [4.69, 9.17) is 4.74 Å². The van der Waals surface area contributed by atoms with Gasteiger partial charge in [0.25, 0.3) is 0 Å². The summed E-state index contributed by atoms with van der Waals surface area (Å²) in [5, 5.41) is 0. The fourth-order valence-corrected chi connectivity index (χ4v) is 2.91. The summed E-state index contributed by atoms with van der Waals surface area (Å²) in [6, 6.07) is 5.11. The number of fused-ring (bicyclic) bond motifs is 1. The first-order valence-electron chi connectivity index (χ1n) is 5.29. The molecule has 0 radical (unpaired) electrons. The molecule has 0 aromatic heterocycles. The highest BCUT2D eigenvalue weighted by atomic mass is 32.3. The van der Waals surface area contributed by atoms with Crippen LogP contribution in [0.3, 0.4) is 0 Å². The minimum Gasteiger partial charge on any atom is -0.497 e. The van der Waals surface area contributed by atoms with Gasteiger partial charge < -0.3 is 4.74 Å². The lowest BCUT2D eigenvalue weighted by molar-refractivity contribution is 0.292. The Balaban J connectivity index is 2.38. The molecular weight excluding hydrogens is 245 g/mol. The zero-order chi connectivity index (χ0) is 12.6. The first-order valence-corrected chi connectivity index (χ1v) is 6.63. The van der Waals surface area contributed by atoms with Crippen molar-refractivity contribution in [1.29, 1.82) is 0 Å². The van der Waals surface area contributed by atoms with E-state index in [1.165, 1.54) is 7.11 Å². The van der Waals surface area contributed by atoms with Gasteiger partial charge in [-0.1, -0.05) is 9.95 Å². The molecule has 0 saturated carbocycles. The fraction of sp³-hybridized carbons (Fsp3) is 0.455. The van der Waals surface area contributed by atoms with Gasteiger partial charge in [0, 0.05) is 12.6 Å². The number of benzene rings is 1. The molecule has 0 amide bonds. The summed E-state index contributed by atoms with van der Waals surface area (Å²) in [6.07, 6.45) is 0.516. The standard InChI is InChI=1S/C11H14FNO3S/c1-8-5-9-3-4-11(16-2)6-10(9)7-13(8)17(12,14)15/h3-4,6,8H,5,7H2,1-2H3. The molecular formula is C11H14FNO3S. The van der Waals surface area contributed by atoms with Crippen LogP contribution in [0, 0.1) is 0 Å². The van der Waals surface area contributed by atoms with E-state index in [1.54, 1.807) is 13.0 Å². The van der Waals surface area contributed by atoms with Crippen molar-refractivity contribution in [1.82, 2.24) is 4.31 Å². The molecule has 1 aromatic carbocycles. The minimum atomic E-state index is -4.64. The fourth-order valence-electron chi connectivity index (χ4n) is 2.11. The highest BCUT2D eigenvalue weighted by Crippen LogP contribution is 2.28. The van der Waals surface area contributed by atoms with Crippen molar-refractivity contribution in [3.63, 3.8) is 0 Å². The van der Waals surface area contributed by atoms with Gasteiger partial charge in [-0.25, -0.2) is 0 Å². The second kappa shape index (κ2) is 4.27. The topological polar surface area (TPSA) is 46.6 Å². The van der Waals surface area contributed by atoms with E-state index >= 15 is 0 Å². The summed E-state index contributed by atoms with van der Waals surface area (Å²) in [4.78, 5) is 0. The first-order chi connectivity index (χ1) is 7.91. The van der Waals surface area contributed by atoms with E-state index in [9.17, 15) is 12.3 Å². The highest BCUT2D eigenvalue weighted by molar-refractivity contribution is 7.83. The number of ether oxygens (including phenoxy) is 1. The van der Waals surface area contributed by atoms with Crippen molar-refractivity contribution in [3.05, 3.63) is 29.3 Å². The summed E-state index contributed by atoms with van der Waals surface area (Å²) in [6.45, 7) is 1.76. The number of methoxy groups -OCH3 is 1. The summed E-state index contributed by atoms with van der Waals surface area (Å²) < 4.78 is 41.0. The largest absolute Gasteiger partial charge is 0.497 e. The van der Waals surface area contributed by atoms with E-state index in [0.29, 0.717) is 12.2 Å². The molecule has 17 heavy (non-hydrogen) atoms. The van der Waals surface area contributed by atoms with Gasteiger partial charge >= 0.3 is 10.4 Å². The van der Waals surface area contributed by atoms with Crippen LogP contribution in [0.25, 0.3) is 0 Å². The maximum absolute atomic E-state index is 13.1. The Morgan fingerprint density at radius 2 is 2.12 bits per heavy atom. The smallest absolute Gasteiger partial charge is 0.375 e. The van der Waals surface area contributed by atoms with Crippen LogP contribution < -0.4 is 4.74 Å². The van der Waals surface area contributed by atoms with Gasteiger partial charge in [-0.3, -0.25) is 0 Å². The Morgan fingerprint density at radius 1 is 1.41 bits per heavy atom. The predicted octanol–water partition coefficient (Wildman–Crippen LogP) is 1.66. The molecule has 6 heteroatoms. The van der Waals surface area contributed by atoms with Gasteiger partial charge in [-0.15, -0.1) is 0 Å². The molecule has 1 unspecified atom stereocenters. The third-order valence-corrected chi connectivity index (χ3v) is 4.08. The average molecular weight is 259 g/mol. The zero-order valence-corrected chi connectivity index (χ0v) is 10.5. The van der Waals surface area contributed by atoms with E-state index in [1.807, 2.05) is 12.1 Å². The number of hydrogen-bond acceptors (Lipinski definition) is 3. The minimum absolute atomic E-state index is 0.0620. The van der Waals surface area contributed by atoms with Gasteiger partial charge in [0.1, 0.15) is 5.75 Å². The summed E-state index contributed by atoms with van der Waals surface area (Å²) >= 11 is 0. The molecule has 94 valence electrons. The molecule has 0 bridgehead atoms. The highest BCUT2D eigenvalue weighted by Gasteiger charge is 2.32. The molecule has 1 aliphatic heterocycles. The summed E-state index contributed by atoms with van der Waals surface area (Å²) in [5.41, 5.74) is 1.84. The van der Waals surface area contributed by atoms with Gasteiger partial charge in [0.2, 0.25) is 0 Å². The van der Waals surface area contributed by atoms with Crippen molar-refractivity contribution in [2.75, 3.05) is 7.11 Å². The Labute approximate surface area is 100 Å². The molecule has 4 nitrogen and oxygen atoms in total. The van der Waals surface area contributed by atoms with Crippen molar-refractivity contribution >= 4 is 10.4 Å². The number of rotatable bonds is 2. The van der Waals surface area contributed by atoms with Crippen LogP contribution in [0.1, 0.15) is 18.1 Å². The molecule has 1 aromatic rings. The van der Waals surface area contributed by atoms with Crippen molar-refractivity contribution in [2.24, 2.45) is 0 Å². The molecule has 0 saturated heterocycles. The second-order valence-corrected chi connectivity index (χ2v) is 5.47. The van der Waals surface area contributed by atoms with Crippen LogP contribution in [0.5, 0.6) is 5.75 Å². The molecule has 2 rings (SSSR count). The van der Waals surface area contributed by atoms with Crippen LogP contribution in [0.4, 0.5) is 3.89 Å². The van der Waals surface area contributed by atoms with Crippen molar-refractivity contribution < 1.29 is 17.0 Å². The first kappa shape index (κ1) is 12.3. The van der Waals surface area contributed by atoms with Crippen LogP contribution in [0.2, 0.25) is 0 Å². The normalized spacial score (nSPS) is 21.0. The molecule has 0 N–H and O–H groups in total. The Kier molecular flexibility index (Phi) is 3.09. The average Bonchev–Trinajstić information content (AvgIpc) is 2.26. The predicted molar refractivity (Wildman–Crippen MR) is 61.7 cm³/mol. The molecule has 1 atom stereocenters. The Hall–Kier alpha value is -1.14. The van der Waals surface area contributed by atoms with Gasteiger partial charge in [-0.05, 0) is 36.6 Å². The molecule has 1 heterocycles. The van der Waals surface area contributed by atoms with Gasteiger partial charge in [-0.2, -0.15) is 12.7 Å². The summed E-state index contributed by atoms with van der Waals surface area (Å²) in [5.74, 6) is 0.648. The molecule has 0 spiro atoms. The second-order valence-electron chi connectivity index (χ2n) is 4.18. The van der Waals surface area contributed by atoms with E-state index in [0.717, 1.165) is 15.4 Å². The van der Waals surface area contributed by atoms with Gasteiger partial charge in [0.15, 0.2) is 0 Å². The lowest BCUT2D eigenvalue weighted by atomic mass is 9.96. The zero-order valence-electron chi connectivity index (χ0n) is 9.68. The van der Waals surface area contributed by atoms with E-state index < -0.39 is 10.4 Å². The number of halogens is 1. The van der Waals surface area contributed by atoms with Crippen LogP contribution in [-0.2, 0) is 23.4 Å². The lowest BCUT2D eigenvalue weighted by Gasteiger charge is -2.31. The van der Waals surface area contributed by atoms with Gasteiger partial charge in [0.05, 0.1) is 7.11 Å². The Morgan fingerprint density at radius 3 is 2.71 bits per heavy atom. The quantitative estimate of drug-likeness (QED) is 0.759. The maximum Gasteiger partial charge on any atom is 0.375 e. The third-order valence-electron chi connectivity index (χ3n) is 3.03. The molecule has 0 aliphatic carbocycles. The van der Waals surface area contributed by atoms with E-state index in [-0.39, 0.29) is 12.6 Å². The van der Waals surface area contributed by atoms with Crippen LogP contribution >= 0.6 is 0 Å². The Bertz CT molecular complexity index is 530. The van der Waals surface area contributed by atoms with Crippen LogP contribution in [0.15, 0.2) is 18.2 Å². The SMILES string of the molecule is COc1ccc2c(c1)CN(S(=O)(=O)F)C(C)C2. The van der Waals surface area contributed by atoms with Crippen molar-refractivity contribution in [3.8, 4) is 5.75 Å². The molecule has 0 fully saturated rings. The molecule has 1 aliphatic rings. The van der Waals surface area contributed by atoms with Crippen molar-refractivity contribution in [2.45, 2.75) is 25.9 Å². The van der Waals surface area contributed by atoms with E-state index in [2.05, 4.69) is 0 Å². The number of nitrogens with zero attached hydrogens (tertiary/aromatic N) is 1. The monoisotopic (exact) mass is 259 g/mol. The number of hydrogen-bond donors (Lipinski definition) is 0. The summed E-state index contributed by atoms with van der Waals surface area (Å²) in [7, 11) is -3.11. The lowest BCUT2D eigenvalue weighted by Crippen LogP contribution is -2.40.